The number of carbonyl (C=O) groups is 2. The Balaban J connectivity index is 1.53. The number of amides is 3. The molecule has 0 aliphatic carbocycles. The van der Waals surface area contributed by atoms with Crippen LogP contribution in [0.1, 0.15) is 47.6 Å². The minimum atomic E-state index is -0.899. The summed E-state index contributed by atoms with van der Waals surface area (Å²) in [5, 5.41) is 11.8. The first kappa shape index (κ1) is 27.5. The third-order valence-electron chi connectivity index (χ3n) is 7.01. The molecule has 1 aliphatic rings. The number of nitrogens with one attached hydrogen (secondary N) is 2. The van der Waals surface area contributed by atoms with E-state index in [1.165, 1.54) is 11.0 Å². The van der Waals surface area contributed by atoms with Crippen LogP contribution in [0.25, 0.3) is 11.3 Å². The second-order valence-electron chi connectivity index (χ2n) is 9.58. The van der Waals surface area contributed by atoms with Gasteiger partial charge in [-0.05, 0) is 48.4 Å². The number of nitrogens with zero attached hydrogens (tertiary/aromatic N) is 2. The zero-order chi connectivity index (χ0) is 28.4. The van der Waals surface area contributed by atoms with Gasteiger partial charge < -0.3 is 20.1 Å². The van der Waals surface area contributed by atoms with Gasteiger partial charge in [0.05, 0.1) is 18.0 Å². The molecule has 10 heteroatoms. The average Bonchev–Trinajstić information content (AvgIpc) is 3.47. The molecule has 40 heavy (non-hydrogen) atoms. The lowest BCUT2D eigenvalue weighted by Crippen LogP contribution is -2.38. The van der Waals surface area contributed by atoms with Crippen LogP contribution in [-0.2, 0) is 4.79 Å². The smallest absolute Gasteiger partial charge is 0.325 e. The molecule has 0 unspecified atom stereocenters. The molecule has 3 atom stereocenters. The van der Waals surface area contributed by atoms with Crippen molar-refractivity contribution in [3.8, 4) is 17.0 Å². The van der Waals surface area contributed by atoms with Gasteiger partial charge in [0.15, 0.2) is 0 Å². The number of aromatic nitrogens is 2. The summed E-state index contributed by atoms with van der Waals surface area (Å²) in [6.45, 7) is 3.73. The lowest BCUT2D eigenvalue weighted by atomic mass is 9.91. The van der Waals surface area contributed by atoms with Crippen molar-refractivity contribution >= 4 is 27.9 Å². The molecule has 1 saturated heterocycles. The first-order chi connectivity index (χ1) is 19.3. The molecule has 4 aromatic rings. The Morgan fingerprint density at radius 3 is 2.50 bits per heavy atom. The van der Waals surface area contributed by atoms with Gasteiger partial charge in [-0.3, -0.25) is 9.69 Å². The number of imide groups is 1. The highest BCUT2D eigenvalue weighted by atomic mass is 79.9. The van der Waals surface area contributed by atoms with Crippen molar-refractivity contribution < 1.29 is 23.8 Å². The topological polar surface area (TPSA) is 108 Å². The van der Waals surface area contributed by atoms with Crippen LogP contribution >= 0.6 is 15.9 Å². The summed E-state index contributed by atoms with van der Waals surface area (Å²) in [5.41, 5.74) is 2.86. The van der Waals surface area contributed by atoms with E-state index in [2.05, 4.69) is 26.2 Å². The Hall–Kier alpha value is -4.02. The Bertz CT molecular complexity index is 1530. The van der Waals surface area contributed by atoms with Crippen LogP contribution in [0.2, 0.25) is 0 Å². The largest absolute Gasteiger partial charge is 0.491 e. The molecular formula is C30H28BrFN4O4. The van der Waals surface area contributed by atoms with Gasteiger partial charge in [-0.25, -0.2) is 14.2 Å². The van der Waals surface area contributed by atoms with Gasteiger partial charge in [0.25, 0.3) is 5.91 Å². The molecule has 0 saturated carbocycles. The van der Waals surface area contributed by atoms with E-state index in [-0.39, 0.29) is 19.1 Å². The number of aryl methyl sites for hydroxylation is 1. The number of hydrogen-bond donors (Lipinski definition) is 3. The number of imidazole rings is 1. The van der Waals surface area contributed by atoms with E-state index in [1.807, 2.05) is 37.3 Å². The zero-order valence-electron chi connectivity index (χ0n) is 21.9. The number of carbonyl (C=O) groups excluding carboxylic acids is 2. The number of aliphatic hydroxyl groups is 1. The fourth-order valence-electron chi connectivity index (χ4n) is 5.00. The van der Waals surface area contributed by atoms with Crippen LogP contribution in [0.4, 0.5) is 9.18 Å². The summed E-state index contributed by atoms with van der Waals surface area (Å²) in [4.78, 5) is 36.4. The SMILES string of the molecule is Cc1nc([C@H]([C@H](C)c2ccccc2)N2C(=O)N[C@H](c3ccc(OCCO)cc3)C2=O)[nH]c1-c1ccc(Br)cc1F. The van der Waals surface area contributed by atoms with Crippen molar-refractivity contribution in [2.45, 2.75) is 31.8 Å². The Morgan fingerprint density at radius 2 is 1.82 bits per heavy atom. The Labute approximate surface area is 239 Å². The quantitative estimate of drug-likeness (QED) is 0.209. The van der Waals surface area contributed by atoms with Crippen LogP contribution < -0.4 is 10.1 Å². The van der Waals surface area contributed by atoms with E-state index in [1.54, 1.807) is 43.3 Å². The van der Waals surface area contributed by atoms with Gasteiger partial charge in [-0.15, -0.1) is 0 Å². The van der Waals surface area contributed by atoms with E-state index in [9.17, 15) is 14.0 Å². The summed E-state index contributed by atoms with van der Waals surface area (Å²) in [7, 11) is 0. The number of H-pyrrole nitrogens is 1. The van der Waals surface area contributed by atoms with Crippen LogP contribution in [0, 0.1) is 12.7 Å². The monoisotopic (exact) mass is 606 g/mol. The minimum absolute atomic E-state index is 0.114. The first-order valence-corrected chi connectivity index (χ1v) is 13.6. The molecule has 8 nitrogen and oxygen atoms in total. The summed E-state index contributed by atoms with van der Waals surface area (Å²) in [6, 6.07) is 18.9. The zero-order valence-corrected chi connectivity index (χ0v) is 23.5. The maximum absolute atomic E-state index is 14.9. The molecule has 1 aliphatic heterocycles. The predicted octanol–water partition coefficient (Wildman–Crippen LogP) is 5.80. The normalized spacial score (nSPS) is 16.6. The molecule has 0 radical (unpaired) electrons. The maximum atomic E-state index is 14.9. The fourth-order valence-corrected chi connectivity index (χ4v) is 5.34. The van der Waals surface area contributed by atoms with Crippen LogP contribution in [-0.4, -0.2) is 45.1 Å². The Kier molecular flexibility index (Phi) is 7.99. The molecule has 1 aromatic heterocycles. The molecule has 206 valence electrons. The van der Waals surface area contributed by atoms with Crippen LogP contribution in [0.15, 0.2) is 77.3 Å². The van der Waals surface area contributed by atoms with E-state index >= 15 is 0 Å². The summed E-state index contributed by atoms with van der Waals surface area (Å²) in [6.07, 6.45) is 0. The molecular weight excluding hydrogens is 579 g/mol. The van der Waals surface area contributed by atoms with Crippen molar-refractivity contribution in [3.05, 3.63) is 106 Å². The summed E-state index contributed by atoms with van der Waals surface area (Å²) in [5.74, 6) is -0.269. The van der Waals surface area contributed by atoms with Crippen molar-refractivity contribution in [1.29, 1.82) is 0 Å². The van der Waals surface area contributed by atoms with Gasteiger partial charge in [-0.1, -0.05) is 65.3 Å². The van der Waals surface area contributed by atoms with Gasteiger partial charge >= 0.3 is 6.03 Å². The molecule has 0 spiro atoms. The van der Waals surface area contributed by atoms with Crippen molar-refractivity contribution in [2.75, 3.05) is 13.2 Å². The maximum Gasteiger partial charge on any atom is 0.325 e. The van der Waals surface area contributed by atoms with Gasteiger partial charge in [0.2, 0.25) is 0 Å². The van der Waals surface area contributed by atoms with E-state index in [4.69, 9.17) is 14.8 Å². The highest BCUT2D eigenvalue weighted by Crippen LogP contribution is 2.40. The lowest BCUT2D eigenvalue weighted by molar-refractivity contribution is -0.129. The number of aromatic amines is 1. The minimum Gasteiger partial charge on any atom is -0.491 e. The van der Waals surface area contributed by atoms with E-state index < -0.39 is 29.8 Å². The number of rotatable bonds is 9. The third kappa shape index (κ3) is 5.37. The number of aliphatic hydroxyl groups excluding tert-OH is 1. The number of urea groups is 1. The lowest BCUT2D eigenvalue weighted by Gasteiger charge is -2.29. The van der Waals surface area contributed by atoms with Gasteiger partial charge in [0.1, 0.15) is 36.1 Å². The van der Waals surface area contributed by atoms with E-state index in [0.29, 0.717) is 38.6 Å². The van der Waals surface area contributed by atoms with Crippen LogP contribution in [0.3, 0.4) is 0 Å². The summed E-state index contributed by atoms with van der Waals surface area (Å²) >= 11 is 3.29. The summed E-state index contributed by atoms with van der Waals surface area (Å²) < 4.78 is 20.9. The van der Waals surface area contributed by atoms with Crippen molar-refractivity contribution in [1.82, 2.24) is 20.2 Å². The number of hydrogen-bond acceptors (Lipinski definition) is 5. The first-order valence-electron chi connectivity index (χ1n) is 12.8. The molecule has 2 heterocycles. The fraction of sp³-hybridized carbons (Fsp3) is 0.233. The second kappa shape index (κ2) is 11.6. The highest BCUT2D eigenvalue weighted by molar-refractivity contribution is 9.10. The number of halogens is 2. The Morgan fingerprint density at radius 1 is 1.10 bits per heavy atom. The molecule has 5 rings (SSSR count). The average molecular weight is 607 g/mol. The number of benzene rings is 3. The molecule has 3 N–H and O–H groups in total. The van der Waals surface area contributed by atoms with Crippen LogP contribution in [0.5, 0.6) is 5.75 Å². The molecule has 0 bridgehead atoms. The van der Waals surface area contributed by atoms with Gasteiger partial charge in [0, 0.05) is 16.0 Å². The number of ether oxygens (including phenoxy) is 1. The second-order valence-corrected chi connectivity index (χ2v) is 10.5. The molecule has 3 amide bonds. The molecule has 3 aromatic carbocycles. The van der Waals surface area contributed by atoms with Crippen molar-refractivity contribution in [3.63, 3.8) is 0 Å². The van der Waals surface area contributed by atoms with Gasteiger partial charge in [-0.2, -0.15) is 0 Å². The predicted molar refractivity (Wildman–Crippen MR) is 151 cm³/mol. The highest BCUT2D eigenvalue weighted by Gasteiger charge is 2.46. The van der Waals surface area contributed by atoms with Crippen molar-refractivity contribution in [2.24, 2.45) is 0 Å². The molecule has 1 fully saturated rings. The standard InChI is InChI=1S/C30H28BrFN4O4/c1-17(19-6-4-3-5-7-19)27(28-33-18(2)25(34-28)23-13-10-21(31)16-24(23)32)36-29(38)26(35-30(36)39)20-8-11-22(12-9-20)40-15-14-37/h3-13,16-17,26-27,37H,14-15H2,1-2H3,(H,33,34)(H,35,39)/t17-,26-,27+/m1/s1. The third-order valence-corrected chi connectivity index (χ3v) is 7.50. The van der Waals surface area contributed by atoms with E-state index in [0.717, 1.165) is 5.56 Å².